The fourth-order valence-electron chi connectivity index (χ4n) is 2.42. The van der Waals surface area contributed by atoms with Crippen molar-refractivity contribution in [2.24, 2.45) is 0 Å². The van der Waals surface area contributed by atoms with Crippen LogP contribution in [0.4, 0.5) is 0 Å². The molecule has 0 spiro atoms. The molecule has 4 atom stereocenters. The Morgan fingerprint density at radius 1 is 1.24 bits per heavy atom. The number of methoxy groups -OCH3 is 1. The Morgan fingerprint density at radius 2 is 1.95 bits per heavy atom. The van der Waals surface area contributed by atoms with Crippen LogP contribution in [0.1, 0.15) is 12.0 Å². The summed E-state index contributed by atoms with van der Waals surface area (Å²) in [5.41, 5.74) is 1.06. The lowest BCUT2D eigenvalue weighted by Gasteiger charge is -2.27. The molecule has 1 heterocycles. The number of rotatable bonds is 7. The molecule has 0 amide bonds. The van der Waals surface area contributed by atoms with E-state index in [4.69, 9.17) is 14.2 Å². The Labute approximate surface area is 123 Å². The van der Waals surface area contributed by atoms with E-state index in [9.17, 15) is 15.3 Å². The van der Waals surface area contributed by atoms with E-state index in [-0.39, 0.29) is 0 Å². The van der Waals surface area contributed by atoms with Gasteiger partial charge in [0.05, 0.1) is 12.7 Å². The number of aliphatic hydroxyl groups is 3. The van der Waals surface area contributed by atoms with E-state index in [1.54, 1.807) is 0 Å². The molecule has 1 saturated heterocycles. The Balaban J connectivity index is 1.79. The molecule has 6 nitrogen and oxygen atoms in total. The summed E-state index contributed by atoms with van der Waals surface area (Å²) in [6.07, 6.45) is -2.64. The molecule has 0 saturated carbocycles. The molecule has 21 heavy (non-hydrogen) atoms. The van der Waals surface area contributed by atoms with Gasteiger partial charge in [-0.25, -0.2) is 0 Å². The highest BCUT2D eigenvalue weighted by Gasteiger charge is 2.54. The Hall–Kier alpha value is -1.02. The largest absolute Gasteiger partial charge is 0.391 e. The first-order valence-electron chi connectivity index (χ1n) is 6.94. The first kappa shape index (κ1) is 16.4. The fourth-order valence-corrected chi connectivity index (χ4v) is 2.42. The third-order valence-electron chi connectivity index (χ3n) is 3.73. The van der Waals surface area contributed by atoms with Crippen LogP contribution in [0.2, 0.25) is 0 Å². The van der Waals surface area contributed by atoms with Crippen molar-refractivity contribution in [1.29, 1.82) is 0 Å². The highest BCUT2D eigenvalue weighted by molar-refractivity contribution is 5.13. The first-order chi connectivity index (χ1) is 10.1. The van der Waals surface area contributed by atoms with Crippen molar-refractivity contribution in [3.63, 3.8) is 0 Å². The van der Waals surface area contributed by atoms with Crippen molar-refractivity contribution < 1.29 is 29.5 Å². The zero-order valence-electron chi connectivity index (χ0n) is 12.0. The summed E-state index contributed by atoms with van der Waals surface area (Å²) in [6, 6.07) is 9.74. The maximum atomic E-state index is 9.95. The number of hydrogen-bond acceptors (Lipinski definition) is 6. The predicted molar refractivity (Wildman–Crippen MR) is 74.4 cm³/mol. The highest BCUT2D eigenvalue weighted by Crippen LogP contribution is 2.33. The first-order valence-corrected chi connectivity index (χ1v) is 6.94. The SMILES string of the molecule is CO[C@]1(CO)O[C@H](CCOCc2ccccc2)[C@@H](O)[C@@H]1O. The quantitative estimate of drug-likeness (QED) is 0.616. The van der Waals surface area contributed by atoms with Crippen molar-refractivity contribution >= 4 is 0 Å². The summed E-state index contributed by atoms with van der Waals surface area (Å²) in [4.78, 5) is 0. The minimum atomic E-state index is -1.55. The van der Waals surface area contributed by atoms with Crippen LogP contribution in [0.15, 0.2) is 30.3 Å². The highest BCUT2D eigenvalue weighted by atomic mass is 16.7. The number of hydrogen-bond donors (Lipinski definition) is 3. The molecule has 0 unspecified atom stereocenters. The molecule has 1 aromatic rings. The number of ether oxygens (including phenoxy) is 3. The minimum absolute atomic E-state index is 0.370. The van der Waals surface area contributed by atoms with Gasteiger partial charge in [0, 0.05) is 13.7 Å². The lowest BCUT2D eigenvalue weighted by molar-refractivity contribution is -0.262. The van der Waals surface area contributed by atoms with Gasteiger partial charge < -0.3 is 29.5 Å². The zero-order valence-corrected chi connectivity index (χ0v) is 12.0. The van der Waals surface area contributed by atoms with E-state index in [2.05, 4.69) is 0 Å². The lowest BCUT2D eigenvalue weighted by Crippen LogP contribution is -2.47. The maximum absolute atomic E-state index is 9.95. The molecule has 0 aromatic heterocycles. The van der Waals surface area contributed by atoms with Gasteiger partial charge in [0.2, 0.25) is 5.79 Å². The monoisotopic (exact) mass is 298 g/mol. The van der Waals surface area contributed by atoms with Crippen LogP contribution in [-0.4, -0.2) is 59.7 Å². The molecule has 1 aliphatic heterocycles. The summed E-state index contributed by atoms with van der Waals surface area (Å²) in [7, 11) is 1.32. The van der Waals surface area contributed by atoms with E-state index in [0.717, 1.165) is 5.56 Å². The summed E-state index contributed by atoms with van der Waals surface area (Å²) < 4.78 is 16.0. The summed E-state index contributed by atoms with van der Waals surface area (Å²) in [5, 5.41) is 29.2. The van der Waals surface area contributed by atoms with Crippen LogP contribution in [0.5, 0.6) is 0 Å². The van der Waals surface area contributed by atoms with E-state index in [0.29, 0.717) is 19.6 Å². The minimum Gasteiger partial charge on any atom is -0.391 e. The molecular weight excluding hydrogens is 276 g/mol. The van der Waals surface area contributed by atoms with Gasteiger partial charge in [-0.15, -0.1) is 0 Å². The van der Waals surface area contributed by atoms with E-state index in [1.807, 2.05) is 30.3 Å². The molecule has 3 N–H and O–H groups in total. The third-order valence-corrected chi connectivity index (χ3v) is 3.73. The number of aliphatic hydroxyl groups excluding tert-OH is 3. The second-order valence-corrected chi connectivity index (χ2v) is 5.09. The predicted octanol–water partition coefficient (Wildman–Crippen LogP) is 0.0489. The van der Waals surface area contributed by atoms with Gasteiger partial charge in [-0.2, -0.15) is 0 Å². The third kappa shape index (κ3) is 3.60. The molecule has 1 fully saturated rings. The molecule has 0 aliphatic carbocycles. The second-order valence-electron chi connectivity index (χ2n) is 5.09. The van der Waals surface area contributed by atoms with Crippen molar-refractivity contribution in [2.45, 2.75) is 37.1 Å². The van der Waals surface area contributed by atoms with E-state index >= 15 is 0 Å². The number of benzene rings is 1. The average Bonchev–Trinajstić information content (AvgIpc) is 2.78. The Kier molecular flexibility index (Phi) is 5.69. The Morgan fingerprint density at radius 3 is 2.52 bits per heavy atom. The van der Waals surface area contributed by atoms with Gasteiger partial charge in [-0.05, 0) is 12.0 Å². The van der Waals surface area contributed by atoms with E-state index < -0.39 is 30.7 Å². The standard InChI is InChI=1S/C15H22O6/c1-19-15(10-16)14(18)13(17)12(21-15)7-8-20-9-11-5-3-2-4-6-11/h2-6,12-14,16-18H,7-10H2,1H3/t12-,13-,14+,15-/m1/s1. The van der Waals surface area contributed by atoms with Crippen LogP contribution >= 0.6 is 0 Å². The van der Waals surface area contributed by atoms with Gasteiger partial charge >= 0.3 is 0 Å². The average molecular weight is 298 g/mol. The molecule has 6 heteroatoms. The molecule has 0 radical (unpaired) electrons. The summed E-state index contributed by atoms with van der Waals surface area (Å²) in [6.45, 7) is 0.319. The Bertz CT molecular complexity index is 419. The van der Waals surface area contributed by atoms with Gasteiger partial charge in [-0.3, -0.25) is 0 Å². The summed E-state index contributed by atoms with van der Waals surface area (Å²) in [5.74, 6) is -1.55. The molecule has 118 valence electrons. The summed E-state index contributed by atoms with van der Waals surface area (Å²) >= 11 is 0. The van der Waals surface area contributed by atoms with Gasteiger partial charge in [0.25, 0.3) is 0 Å². The zero-order chi connectivity index (χ0) is 15.3. The van der Waals surface area contributed by atoms with Crippen LogP contribution in [0, 0.1) is 0 Å². The smallest absolute Gasteiger partial charge is 0.221 e. The molecule has 1 aromatic carbocycles. The van der Waals surface area contributed by atoms with Crippen LogP contribution < -0.4 is 0 Å². The lowest BCUT2D eigenvalue weighted by atomic mass is 10.0. The second kappa shape index (κ2) is 7.31. The molecule has 2 rings (SSSR count). The molecular formula is C15H22O6. The van der Waals surface area contributed by atoms with Crippen molar-refractivity contribution in [3.05, 3.63) is 35.9 Å². The molecule has 1 aliphatic rings. The van der Waals surface area contributed by atoms with E-state index in [1.165, 1.54) is 7.11 Å². The van der Waals surface area contributed by atoms with Crippen molar-refractivity contribution in [3.8, 4) is 0 Å². The van der Waals surface area contributed by atoms with Crippen molar-refractivity contribution in [1.82, 2.24) is 0 Å². The maximum Gasteiger partial charge on any atom is 0.221 e. The fraction of sp³-hybridized carbons (Fsp3) is 0.600. The molecule has 0 bridgehead atoms. The topological polar surface area (TPSA) is 88.4 Å². The van der Waals surface area contributed by atoms with Gasteiger partial charge in [0.1, 0.15) is 18.8 Å². The van der Waals surface area contributed by atoms with Crippen LogP contribution in [0.25, 0.3) is 0 Å². The van der Waals surface area contributed by atoms with Crippen LogP contribution in [-0.2, 0) is 20.8 Å². The van der Waals surface area contributed by atoms with Gasteiger partial charge in [-0.1, -0.05) is 30.3 Å². The van der Waals surface area contributed by atoms with Crippen molar-refractivity contribution in [2.75, 3.05) is 20.3 Å². The van der Waals surface area contributed by atoms with Gasteiger partial charge in [0.15, 0.2) is 0 Å². The van der Waals surface area contributed by atoms with Crippen LogP contribution in [0.3, 0.4) is 0 Å². The normalized spacial score (nSPS) is 32.5.